The van der Waals surface area contributed by atoms with Crippen LogP contribution < -0.4 is 5.32 Å². The van der Waals surface area contributed by atoms with E-state index in [1.165, 1.54) is 11.0 Å². The number of likely N-dealkylation sites (N-methyl/N-ethyl adjacent to an activating group) is 1. The van der Waals surface area contributed by atoms with Gasteiger partial charge in [0.15, 0.2) is 11.8 Å². The van der Waals surface area contributed by atoms with Gasteiger partial charge in [0.25, 0.3) is 0 Å². The van der Waals surface area contributed by atoms with Crippen LogP contribution in [0.25, 0.3) is 6.08 Å². The van der Waals surface area contributed by atoms with Gasteiger partial charge >= 0.3 is 5.97 Å². The molecule has 1 aromatic carbocycles. The molecule has 4 saturated heterocycles. The fourth-order valence-corrected chi connectivity index (χ4v) is 8.84. The Bertz CT molecular complexity index is 1490. The Morgan fingerprint density at radius 2 is 1.75 bits per heavy atom. The highest BCUT2D eigenvalue weighted by Crippen LogP contribution is 2.59. The topological polar surface area (TPSA) is 147 Å². The number of likely N-dealkylation sites (tertiary alicyclic amines) is 1. The van der Waals surface area contributed by atoms with Crippen molar-refractivity contribution in [2.45, 2.75) is 133 Å². The number of benzene rings is 1. The number of hydroxylamine groups is 2. The zero-order valence-electron chi connectivity index (χ0n) is 31.1. The molecule has 1 aromatic rings. The van der Waals surface area contributed by atoms with Crippen LogP contribution in [0.3, 0.4) is 0 Å². The number of fused-ring (bicyclic) bond motifs is 4. The minimum Gasteiger partial charge on any atom is -0.458 e. The van der Waals surface area contributed by atoms with Crippen LogP contribution in [0.5, 0.6) is 0 Å². The molecule has 0 radical (unpaired) electrons. The molecule has 5 fully saturated rings. The molecule has 4 heterocycles. The molecule has 1 aliphatic carbocycles. The first-order valence-corrected chi connectivity index (χ1v) is 19.3. The highest BCUT2D eigenvalue weighted by atomic mass is 16.8. The molecule has 0 unspecified atom stereocenters. The van der Waals surface area contributed by atoms with E-state index in [1.54, 1.807) is 30.1 Å². The summed E-state index contributed by atoms with van der Waals surface area (Å²) >= 11 is 0. The minimum atomic E-state index is -1.40. The van der Waals surface area contributed by atoms with Crippen molar-refractivity contribution < 1.29 is 43.3 Å². The van der Waals surface area contributed by atoms with Gasteiger partial charge in [-0.05, 0) is 42.9 Å². The summed E-state index contributed by atoms with van der Waals surface area (Å²) in [6, 6.07) is 5.70. The number of aliphatic hydroxyl groups excluding tert-OH is 1. The Hall–Kier alpha value is -3.36. The number of carbonyl (C=O) groups is 4. The van der Waals surface area contributed by atoms with Crippen LogP contribution in [0.1, 0.15) is 95.6 Å². The fraction of sp³-hybridized carbons (Fsp3) is 0.692. The summed E-state index contributed by atoms with van der Waals surface area (Å²) in [6.07, 6.45) is 8.92. The summed E-state index contributed by atoms with van der Waals surface area (Å²) in [6.45, 7) is 4.66. The fourth-order valence-electron chi connectivity index (χ4n) is 8.84. The number of unbranched alkanes of at least 4 members (excludes halogenated alkanes) is 4. The van der Waals surface area contributed by atoms with Gasteiger partial charge < -0.3 is 34.4 Å². The number of ether oxygens (including phenoxy) is 3. The monoisotopic (exact) mass is 724 g/mol. The second kappa shape index (κ2) is 16.3. The Morgan fingerprint density at radius 3 is 2.44 bits per heavy atom. The smallest absolute Gasteiger partial charge is 0.327 e. The number of nitrogens with zero attached hydrogens (tertiary/aromatic N) is 3. The largest absolute Gasteiger partial charge is 0.458 e. The summed E-state index contributed by atoms with van der Waals surface area (Å²) in [5.41, 5.74) is 0.152. The van der Waals surface area contributed by atoms with Crippen molar-refractivity contribution in [1.29, 1.82) is 0 Å². The average Bonchev–Trinajstić information content (AvgIpc) is 3.86. The third kappa shape index (κ3) is 7.26. The molecular formula is C39H56N4O9. The van der Waals surface area contributed by atoms with Crippen molar-refractivity contribution in [3.63, 3.8) is 0 Å². The number of amides is 3. The molecule has 3 amide bonds. The van der Waals surface area contributed by atoms with Crippen molar-refractivity contribution >= 4 is 29.8 Å². The molecule has 4 aliphatic heterocycles. The number of hydrogen-bond donors (Lipinski definition) is 2. The molecular weight excluding hydrogens is 668 g/mol. The molecule has 0 spiro atoms. The normalized spacial score (nSPS) is 30.4. The lowest BCUT2D eigenvalue weighted by Gasteiger charge is -2.50. The van der Waals surface area contributed by atoms with Crippen molar-refractivity contribution in [3.05, 3.63) is 41.5 Å². The molecule has 1 saturated carbocycles. The maximum absolute atomic E-state index is 15.2. The van der Waals surface area contributed by atoms with Crippen molar-refractivity contribution in [2.75, 3.05) is 33.8 Å². The van der Waals surface area contributed by atoms with E-state index in [0.29, 0.717) is 32.2 Å². The summed E-state index contributed by atoms with van der Waals surface area (Å²) in [5, 5.41) is 13.7. The van der Waals surface area contributed by atoms with Gasteiger partial charge in [-0.1, -0.05) is 63.8 Å². The number of carbonyl (C=O) groups excluding carboxylic acids is 4. The standard InChI is InChI=1S/C39H56N4O9/c1-5-7-11-19-38(20-12-8-6-2)50-31-29-24-39(37(48)42-22-13-16-28(42)35(46)40-21-23-44)33(36(47)49-29)43(52-34(39)32(31)51-38)25-27-15-10-9-14-26(27)17-18-30(45)41(3)4/h9-10,14-15,17-18,28-29,31-34,44H,5-8,11-13,16,19-25H2,1-4H3,(H,40,46)/t28-,29-,31+,32+,33-,34-,39-/m1/s1. The van der Waals surface area contributed by atoms with Crippen LogP contribution in [-0.2, 0) is 44.8 Å². The molecule has 13 nitrogen and oxygen atoms in total. The maximum Gasteiger partial charge on any atom is 0.327 e. The minimum absolute atomic E-state index is 0.0835. The number of rotatable bonds is 16. The van der Waals surface area contributed by atoms with E-state index < -0.39 is 53.7 Å². The van der Waals surface area contributed by atoms with Gasteiger partial charge in [-0.2, -0.15) is 5.06 Å². The van der Waals surface area contributed by atoms with Crippen LogP contribution in [0.2, 0.25) is 0 Å². The third-order valence-corrected chi connectivity index (χ3v) is 11.4. The zero-order chi connectivity index (χ0) is 37.0. The van der Waals surface area contributed by atoms with Gasteiger partial charge in [0.05, 0.1) is 13.2 Å². The first-order chi connectivity index (χ1) is 25.1. The van der Waals surface area contributed by atoms with E-state index in [1.807, 2.05) is 24.3 Å². The molecule has 7 atom stereocenters. The summed E-state index contributed by atoms with van der Waals surface area (Å²) in [5.74, 6) is -2.28. The molecule has 2 N–H and O–H groups in total. The predicted molar refractivity (Wildman–Crippen MR) is 191 cm³/mol. The summed E-state index contributed by atoms with van der Waals surface area (Å²) < 4.78 is 20.1. The average molecular weight is 725 g/mol. The SMILES string of the molecule is CCCCCC1(CCCCC)O[C@@H]2[C@H](O1)[C@H]1ON(Cc3ccccc3C=CC(=O)N(C)C)[C@@H]3C(=O)O[C@@H]2C[C@]13C(=O)N1CCC[C@@H]1C(=O)NCCO. The quantitative estimate of drug-likeness (QED) is 0.148. The number of hydrogen-bond acceptors (Lipinski definition) is 10. The Kier molecular flexibility index (Phi) is 12.1. The zero-order valence-corrected chi connectivity index (χ0v) is 31.1. The van der Waals surface area contributed by atoms with E-state index in [4.69, 9.17) is 19.0 Å². The third-order valence-electron chi connectivity index (χ3n) is 11.4. The van der Waals surface area contributed by atoms with E-state index >= 15 is 4.79 Å². The number of esters is 1. The van der Waals surface area contributed by atoms with Crippen LogP contribution >= 0.6 is 0 Å². The van der Waals surface area contributed by atoms with Crippen LogP contribution in [0.15, 0.2) is 30.3 Å². The first kappa shape index (κ1) is 38.4. The van der Waals surface area contributed by atoms with Gasteiger partial charge in [-0.15, -0.1) is 0 Å². The molecule has 5 aliphatic rings. The Labute approximate surface area is 306 Å². The number of nitrogens with one attached hydrogen (secondary N) is 1. The molecule has 13 heteroatoms. The highest BCUT2D eigenvalue weighted by molar-refractivity contribution is 5.96. The molecule has 52 heavy (non-hydrogen) atoms. The van der Waals surface area contributed by atoms with Crippen LogP contribution in [-0.4, -0.2) is 120 Å². The first-order valence-electron chi connectivity index (χ1n) is 19.3. The Morgan fingerprint density at radius 1 is 1.04 bits per heavy atom. The highest BCUT2D eigenvalue weighted by Gasteiger charge is 2.77. The summed E-state index contributed by atoms with van der Waals surface area (Å²) in [4.78, 5) is 65.2. The number of aliphatic hydroxyl groups is 1. The van der Waals surface area contributed by atoms with E-state index in [0.717, 1.165) is 49.7 Å². The lowest BCUT2D eigenvalue weighted by molar-refractivity contribution is -0.225. The van der Waals surface area contributed by atoms with E-state index in [9.17, 15) is 19.5 Å². The lowest BCUT2D eigenvalue weighted by atomic mass is 9.62. The van der Waals surface area contributed by atoms with E-state index in [2.05, 4.69) is 19.2 Å². The maximum atomic E-state index is 15.2. The van der Waals surface area contributed by atoms with Crippen molar-refractivity contribution in [3.8, 4) is 0 Å². The molecule has 2 bridgehead atoms. The van der Waals surface area contributed by atoms with Crippen LogP contribution in [0.4, 0.5) is 0 Å². The van der Waals surface area contributed by atoms with Gasteiger partial charge in [0.1, 0.15) is 35.9 Å². The van der Waals surface area contributed by atoms with Crippen molar-refractivity contribution in [1.82, 2.24) is 20.2 Å². The van der Waals surface area contributed by atoms with Gasteiger partial charge in [0, 0.05) is 52.5 Å². The predicted octanol–water partition coefficient (Wildman–Crippen LogP) is 3.33. The second-order valence-corrected chi connectivity index (χ2v) is 15.1. The Balaban J connectivity index is 1.39. The molecule has 0 aromatic heterocycles. The molecule has 6 rings (SSSR count). The van der Waals surface area contributed by atoms with Gasteiger partial charge in [-0.25, -0.2) is 0 Å². The van der Waals surface area contributed by atoms with Gasteiger partial charge in [0.2, 0.25) is 17.7 Å². The summed E-state index contributed by atoms with van der Waals surface area (Å²) in [7, 11) is 3.37. The second-order valence-electron chi connectivity index (χ2n) is 15.1. The van der Waals surface area contributed by atoms with Crippen LogP contribution in [0, 0.1) is 5.41 Å². The van der Waals surface area contributed by atoms with Crippen molar-refractivity contribution in [2.24, 2.45) is 5.41 Å². The van der Waals surface area contributed by atoms with Gasteiger partial charge in [-0.3, -0.25) is 24.0 Å². The lowest BCUT2D eigenvalue weighted by Crippen LogP contribution is -2.70. The van der Waals surface area contributed by atoms with E-state index in [-0.39, 0.29) is 43.8 Å². The molecule has 286 valence electrons.